The van der Waals surface area contributed by atoms with Gasteiger partial charge in [0.25, 0.3) is 5.91 Å². The molecule has 2 heterocycles. The molecule has 114 valence electrons. The van der Waals surface area contributed by atoms with Crippen LogP contribution in [0.3, 0.4) is 0 Å². The predicted octanol–water partition coefficient (Wildman–Crippen LogP) is 0.726. The van der Waals surface area contributed by atoms with Crippen molar-refractivity contribution in [3.63, 3.8) is 0 Å². The molecule has 1 atom stereocenters. The van der Waals surface area contributed by atoms with Gasteiger partial charge in [-0.2, -0.15) is 0 Å². The number of carbonyl (C=O) groups is 1. The van der Waals surface area contributed by atoms with Crippen LogP contribution in [0.25, 0.3) is 0 Å². The number of β-amino-alcohol motifs (C(OH)–C–C–N with tert-alkyl or cyclic N) is 1. The van der Waals surface area contributed by atoms with Gasteiger partial charge in [0.05, 0.1) is 19.3 Å². The quantitative estimate of drug-likeness (QED) is 0.891. The number of morpholine rings is 1. The lowest BCUT2D eigenvalue weighted by molar-refractivity contribution is 0.0341. The molecule has 5 nitrogen and oxygen atoms in total. The smallest absolute Gasteiger partial charge is 0.253 e. The molecule has 2 aliphatic rings. The summed E-state index contributed by atoms with van der Waals surface area (Å²) >= 11 is 0. The topological polar surface area (TPSA) is 53.0 Å². The van der Waals surface area contributed by atoms with Gasteiger partial charge >= 0.3 is 0 Å². The average molecular weight is 290 g/mol. The highest BCUT2D eigenvalue weighted by atomic mass is 16.5. The molecule has 0 unspecified atom stereocenters. The van der Waals surface area contributed by atoms with Crippen LogP contribution in [0.5, 0.6) is 0 Å². The highest BCUT2D eigenvalue weighted by molar-refractivity contribution is 5.94. The maximum Gasteiger partial charge on any atom is 0.253 e. The highest BCUT2D eigenvalue weighted by Crippen LogP contribution is 2.16. The Balaban J connectivity index is 1.66. The molecule has 2 aliphatic heterocycles. The van der Waals surface area contributed by atoms with Crippen LogP contribution >= 0.6 is 0 Å². The van der Waals surface area contributed by atoms with Gasteiger partial charge in [0, 0.05) is 38.3 Å². The molecule has 1 amide bonds. The van der Waals surface area contributed by atoms with Crippen molar-refractivity contribution >= 4 is 5.91 Å². The Bertz CT molecular complexity index is 500. The molecule has 1 N–H and O–H groups in total. The molecule has 21 heavy (non-hydrogen) atoms. The summed E-state index contributed by atoms with van der Waals surface area (Å²) in [6.45, 7) is 5.40. The highest BCUT2D eigenvalue weighted by Gasteiger charge is 2.25. The number of likely N-dealkylation sites (tertiary alicyclic amines) is 1. The monoisotopic (exact) mass is 290 g/mol. The zero-order valence-electron chi connectivity index (χ0n) is 12.2. The molecular formula is C16H22N2O3. The van der Waals surface area contributed by atoms with Crippen molar-refractivity contribution in [1.29, 1.82) is 0 Å². The number of rotatable bonds is 3. The molecule has 0 aromatic heterocycles. The number of ether oxygens (including phenoxy) is 1. The Morgan fingerprint density at radius 3 is 2.81 bits per heavy atom. The van der Waals surface area contributed by atoms with Crippen LogP contribution in [0.2, 0.25) is 0 Å². The van der Waals surface area contributed by atoms with Crippen LogP contribution in [-0.4, -0.2) is 66.3 Å². The van der Waals surface area contributed by atoms with Crippen LogP contribution < -0.4 is 0 Å². The van der Waals surface area contributed by atoms with Gasteiger partial charge in [-0.3, -0.25) is 9.69 Å². The van der Waals surface area contributed by atoms with Crippen molar-refractivity contribution in [2.45, 2.75) is 19.1 Å². The Morgan fingerprint density at radius 2 is 2.10 bits per heavy atom. The van der Waals surface area contributed by atoms with E-state index in [-0.39, 0.29) is 12.0 Å². The van der Waals surface area contributed by atoms with Crippen molar-refractivity contribution < 1.29 is 14.6 Å². The fraction of sp³-hybridized carbons (Fsp3) is 0.562. The fourth-order valence-corrected chi connectivity index (χ4v) is 2.93. The lowest BCUT2D eigenvalue weighted by atomic mass is 10.1. The van der Waals surface area contributed by atoms with Crippen LogP contribution in [-0.2, 0) is 11.3 Å². The lowest BCUT2D eigenvalue weighted by Gasteiger charge is -2.26. The van der Waals surface area contributed by atoms with Gasteiger partial charge in [-0.25, -0.2) is 0 Å². The summed E-state index contributed by atoms with van der Waals surface area (Å²) in [5.41, 5.74) is 1.87. The number of hydrogen-bond donors (Lipinski definition) is 1. The summed E-state index contributed by atoms with van der Waals surface area (Å²) in [5, 5.41) is 9.55. The maximum atomic E-state index is 12.4. The van der Waals surface area contributed by atoms with Crippen molar-refractivity contribution in [3.05, 3.63) is 35.4 Å². The van der Waals surface area contributed by atoms with Gasteiger partial charge in [0.2, 0.25) is 0 Å². The SMILES string of the molecule is O=C(c1cccc(CN2CCOCC2)c1)N1CC[C@@H](O)C1. The van der Waals surface area contributed by atoms with E-state index in [0.29, 0.717) is 19.5 Å². The van der Waals surface area contributed by atoms with Crippen LogP contribution in [0, 0.1) is 0 Å². The van der Waals surface area contributed by atoms with E-state index < -0.39 is 0 Å². The number of aliphatic hydroxyl groups excluding tert-OH is 1. The molecule has 2 fully saturated rings. The molecule has 1 aromatic rings. The first kappa shape index (κ1) is 14.5. The van der Waals surface area contributed by atoms with Gasteiger partial charge < -0.3 is 14.7 Å². The van der Waals surface area contributed by atoms with Crippen LogP contribution in [0.1, 0.15) is 22.3 Å². The van der Waals surface area contributed by atoms with Crippen LogP contribution in [0.15, 0.2) is 24.3 Å². The third-order valence-corrected chi connectivity index (χ3v) is 4.13. The first-order valence-corrected chi connectivity index (χ1v) is 7.59. The zero-order chi connectivity index (χ0) is 14.7. The molecule has 0 saturated carbocycles. The normalized spacial score (nSPS) is 23.5. The number of aliphatic hydroxyl groups is 1. The van der Waals surface area contributed by atoms with Crippen molar-refractivity contribution in [2.24, 2.45) is 0 Å². The van der Waals surface area contributed by atoms with E-state index in [9.17, 15) is 9.90 Å². The minimum Gasteiger partial charge on any atom is -0.391 e. The van der Waals surface area contributed by atoms with Crippen molar-refractivity contribution in [1.82, 2.24) is 9.80 Å². The summed E-state index contributed by atoms with van der Waals surface area (Å²) in [4.78, 5) is 16.5. The number of hydrogen-bond acceptors (Lipinski definition) is 4. The zero-order valence-corrected chi connectivity index (χ0v) is 12.2. The Morgan fingerprint density at radius 1 is 1.29 bits per heavy atom. The lowest BCUT2D eigenvalue weighted by Crippen LogP contribution is -2.35. The van der Waals surface area contributed by atoms with Crippen LogP contribution in [0.4, 0.5) is 0 Å². The van der Waals surface area contributed by atoms with E-state index >= 15 is 0 Å². The molecular weight excluding hydrogens is 268 g/mol. The summed E-state index contributed by atoms with van der Waals surface area (Å²) in [5.74, 6) is 0.0235. The van der Waals surface area contributed by atoms with E-state index in [4.69, 9.17) is 4.74 Å². The molecule has 2 saturated heterocycles. The van der Waals surface area contributed by atoms with Crippen molar-refractivity contribution in [3.8, 4) is 0 Å². The first-order chi connectivity index (χ1) is 10.2. The van der Waals surface area contributed by atoms with E-state index in [1.807, 2.05) is 18.2 Å². The molecule has 0 spiro atoms. The second kappa shape index (κ2) is 6.56. The second-order valence-electron chi connectivity index (χ2n) is 5.78. The Hall–Kier alpha value is -1.43. The summed E-state index contributed by atoms with van der Waals surface area (Å²) in [6.07, 6.45) is 0.310. The number of benzene rings is 1. The standard InChI is InChI=1S/C16H22N2O3/c19-15-4-5-18(12-15)16(20)14-3-1-2-13(10-14)11-17-6-8-21-9-7-17/h1-3,10,15,19H,4-9,11-12H2/t15-/m1/s1. The molecule has 0 bridgehead atoms. The van der Waals surface area contributed by atoms with Gasteiger partial charge in [0.15, 0.2) is 0 Å². The van der Waals surface area contributed by atoms with E-state index in [2.05, 4.69) is 11.0 Å². The molecule has 5 heteroatoms. The van der Waals surface area contributed by atoms with Crippen molar-refractivity contribution in [2.75, 3.05) is 39.4 Å². The third kappa shape index (κ3) is 3.61. The number of nitrogens with zero attached hydrogens (tertiary/aromatic N) is 2. The Kier molecular flexibility index (Phi) is 4.53. The molecule has 0 radical (unpaired) electrons. The van der Waals surface area contributed by atoms with Gasteiger partial charge in [-0.1, -0.05) is 12.1 Å². The number of amides is 1. The minimum atomic E-state index is -0.370. The largest absolute Gasteiger partial charge is 0.391 e. The van der Waals surface area contributed by atoms with Gasteiger partial charge in [-0.05, 0) is 24.1 Å². The maximum absolute atomic E-state index is 12.4. The first-order valence-electron chi connectivity index (χ1n) is 7.59. The molecule has 0 aliphatic carbocycles. The molecule has 3 rings (SSSR count). The van der Waals surface area contributed by atoms with Gasteiger partial charge in [-0.15, -0.1) is 0 Å². The third-order valence-electron chi connectivity index (χ3n) is 4.13. The average Bonchev–Trinajstić information content (AvgIpc) is 2.94. The summed E-state index contributed by atoms with van der Waals surface area (Å²) in [6, 6.07) is 7.83. The molecule has 1 aromatic carbocycles. The fourth-order valence-electron chi connectivity index (χ4n) is 2.93. The number of carbonyl (C=O) groups excluding carboxylic acids is 1. The minimum absolute atomic E-state index is 0.0235. The Labute approximate surface area is 125 Å². The van der Waals surface area contributed by atoms with E-state index in [1.165, 1.54) is 0 Å². The van der Waals surface area contributed by atoms with E-state index in [0.717, 1.165) is 44.0 Å². The summed E-state index contributed by atoms with van der Waals surface area (Å²) < 4.78 is 5.35. The van der Waals surface area contributed by atoms with Gasteiger partial charge in [0.1, 0.15) is 0 Å². The summed E-state index contributed by atoms with van der Waals surface area (Å²) in [7, 11) is 0. The van der Waals surface area contributed by atoms with E-state index in [1.54, 1.807) is 4.90 Å². The predicted molar refractivity (Wildman–Crippen MR) is 79.1 cm³/mol. The second-order valence-corrected chi connectivity index (χ2v) is 5.78.